The largest absolute Gasteiger partial charge is 0.493 e. The molecule has 26 heavy (non-hydrogen) atoms. The van der Waals surface area contributed by atoms with Crippen LogP contribution in [-0.2, 0) is 0 Å². The molecule has 1 saturated carbocycles. The Morgan fingerprint density at radius 1 is 1.35 bits per heavy atom. The molecule has 9 heteroatoms. The molecule has 0 aromatic heterocycles. The van der Waals surface area contributed by atoms with Crippen molar-refractivity contribution in [3.8, 4) is 11.5 Å². The second-order valence-corrected chi connectivity index (χ2v) is 6.59. The molecule has 1 aliphatic heterocycles. The topological polar surface area (TPSA) is 108 Å². The molecule has 1 amide bonds. The molecule has 3 unspecified atom stereocenters. The van der Waals surface area contributed by atoms with Crippen LogP contribution in [0.25, 0.3) is 0 Å². The molecule has 2 aliphatic rings. The summed E-state index contributed by atoms with van der Waals surface area (Å²) in [4.78, 5) is 25.5. The number of rotatable bonds is 5. The van der Waals surface area contributed by atoms with E-state index in [2.05, 4.69) is 0 Å². The van der Waals surface area contributed by atoms with Crippen LogP contribution in [0.5, 0.6) is 11.5 Å². The minimum Gasteiger partial charge on any atom is -0.493 e. The molecule has 0 spiro atoms. The number of nitro groups is 1. The third-order valence-electron chi connectivity index (χ3n) is 5.21. The van der Waals surface area contributed by atoms with E-state index in [0.717, 1.165) is 12.8 Å². The molecule has 144 valence electrons. The van der Waals surface area contributed by atoms with Gasteiger partial charge in [-0.05, 0) is 31.6 Å². The molecule has 1 aromatic carbocycles. The van der Waals surface area contributed by atoms with Crippen LogP contribution >= 0.6 is 12.4 Å². The Morgan fingerprint density at radius 3 is 2.65 bits per heavy atom. The Labute approximate surface area is 158 Å². The van der Waals surface area contributed by atoms with Gasteiger partial charge >= 0.3 is 0 Å². The molecule has 1 aromatic rings. The fraction of sp³-hybridized carbons (Fsp3) is 0.588. The zero-order valence-corrected chi connectivity index (χ0v) is 15.7. The number of nitrogens with zero attached hydrogens (tertiary/aromatic N) is 2. The fourth-order valence-electron chi connectivity index (χ4n) is 3.94. The zero-order chi connectivity index (χ0) is 18.1. The quantitative estimate of drug-likeness (QED) is 0.615. The van der Waals surface area contributed by atoms with Gasteiger partial charge in [0.05, 0.1) is 24.7 Å². The molecule has 1 aliphatic carbocycles. The number of amides is 1. The molecular weight excluding hydrogens is 362 g/mol. The molecule has 1 heterocycles. The van der Waals surface area contributed by atoms with Crippen molar-refractivity contribution in [1.82, 2.24) is 4.90 Å². The van der Waals surface area contributed by atoms with E-state index in [-0.39, 0.29) is 47.3 Å². The van der Waals surface area contributed by atoms with Crippen LogP contribution in [0.2, 0.25) is 0 Å². The average Bonchev–Trinajstić information content (AvgIpc) is 3.16. The minimum absolute atomic E-state index is 0. The Kier molecular flexibility index (Phi) is 6.30. The summed E-state index contributed by atoms with van der Waals surface area (Å²) >= 11 is 0. The lowest BCUT2D eigenvalue weighted by Crippen LogP contribution is -2.33. The van der Waals surface area contributed by atoms with Gasteiger partial charge < -0.3 is 20.1 Å². The first-order valence-electron chi connectivity index (χ1n) is 8.50. The summed E-state index contributed by atoms with van der Waals surface area (Å²) in [6, 6.07) is 2.77. The normalized spacial score (nSPS) is 24.0. The Hall–Kier alpha value is -2.06. The number of nitro benzene ring substituents is 1. The number of ether oxygens (including phenoxy) is 2. The molecule has 0 radical (unpaired) electrons. The highest BCUT2D eigenvalue weighted by Crippen LogP contribution is 2.40. The van der Waals surface area contributed by atoms with E-state index in [1.165, 1.54) is 19.2 Å². The molecule has 8 nitrogen and oxygen atoms in total. The van der Waals surface area contributed by atoms with Crippen LogP contribution in [0, 0.1) is 22.0 Å². The summed E-state index contributed by atoms with van der Waals surface area (Å²) in [6.45, 7) is 3.27. The molecular formula is C17H24ClN3O5. The van der Waals surface area contributed by atoms with E-state index in [0.29, 0.717) is 31.4 Å². The number of hydrogen-bond donors (Lipinski definition) is 1. The van der Waals surface area contributed by atoms with Gasteiger partial charge in [-0.15, -0.1) is 12.4 Å². The van der Waals surface area contributed by atoms with Gasteiger partial charge in [0.1, 0.15) is 5.56 Å². The number of hydrogen-bond acceptors (Lipinski definition) is 6. The van der Waals surface area contributed by atoms with E-state index in [1.54, 1.807) is 11.8 Å². The average molecular weight is 386 g/mol. The van der Waals surface area contributed by atoms with Gasteiger partial charge in [-0.3, -0.25) is 14.9 Å². The summed E-state index contributed by atoms with van der Waals surface area (Å²) in [6.07, 6.45) is 1.98. The predicted molar refractivity (Wildman–Crippen MR) is 98.2 cm³/mol. The minimum atomic E-state index is -0.558. The van der Waals surface area contributed by atoms with Crippen molar-refractivity contribution in [2.45, 2.75) is 25.8 Å². The van der Waals surface area contributed by atoms with Crippen molar-refractivity contribution in [3.63, 3.8) is 0 Å². The molecule has 3 atom stereocenters. The predicted octanol–water partition coefficient (Wildman–Crippen LogP) is 2.23. The molecule has 2 fully saturated rings. The van der Waals surface area contributed by atoms with E-state index in [9.17, 15) is 14.9 Å². The lowest BCUT2D eigenvalue weighted by molar-refractivity contribution is -0.385. The Bertz CT molecular complexity index is 699. The first kappa shape index (κ1) is 20.3. The van der Waals surface area contributed by atoms with Gasteiger partial charge in [0.2, 0.25) is 0 Å². The summed E-state index contributed by atoms with van der Waals surface area (Å²) in [7, 11) is 1.44. The number of fused-ring (bicyclic) bond motifs is 1. The second kappa shape index (κ2) is 8.09. The van der Waals surface area contributed by atoms with Gasteiger partial charge in [0.15, 0.2) is 11.5 Å². The maximum absolute atomic E-state index is 12.9. The maximum atomic E-state index is 12.9. The van der Waals surface area contributed by atoms with Crippen LogP contribution in [-0.4, -0.2) is 48.6 Å². The summed E-state index contributed by atoms with van der Waals surface area (Å²) < 4.78 is 10.6. The van der Waals surface area contributed by atoms with Crippen LogP contribution in [0.4, 0.5) is 5.69 Å². The maximum Gasteiger partial charge on any atom is 0.286 e. The number of nitrogens with two attached hydrogens (primary N) is 1. The van der Waals surface area contributed by atoms with Crippen molar-refractivity contribution >= 4 is 24.0 Å². The highest BCUT2D eigenvalue weighted by molar-refractivity contribution is 5.99. The van der Waals surface area contributed by atoms with Crippen molar-refractivity contribution in [3.05, 3.63) is 27.8 Å². The molecule has 3 rings (SSSR count). The van der Waals surface area contributed by atoms with E-state index >= 15 is 0 Å². The summed E-state index contributed by atoms with van der Waals surface area (Å²) in [5.74, 6) is 0.894. The number of carbonyl (C=O) groups excluding carboxylic acids is 1. The summed E-state index contributed by atoms with van der Waals surface area (Å²) in [5, 5.41) is 11.5. The lowest BCUT2D eigenvalue weighted by Gasteiger charge is -2.19. The highest BCUT2D eigenvalue weighted by Gasteiger charge is 2.43. The third kappa shape index (κ3) is 3.57. The van der Waals surface area contributed by atoms with E-state index in [1.807, 2.05) is 0 Å². The van der Waals surface area contributed by atoms with Crippen LogP contribution in [0.15, 0.2) is 12.1 Å². The van der Waals surface area contributed by atoms with Crippen molar-refractivity contribution in [1.29, 1.82) is 0 Å². The first-order chi connectivity index (χ1) is 12.0. The Morgan fingerprint density at radius 2 is 2.08 bits per heavy atom. The SMILES string of the molecule is CCOc1cc([N+](=O)[O-])c(C(=O)N2CC3CCC(N)C3C2)cc1OC.Cl. The number of methoxy groups -OCH3 is 1. The van der Waals surface area contributed by atoms with E-state index < -0.39 is 4.92 Å². The van der Waals surface area contributed by atoms with Gasteiger partial charge in [0.25, 0.3) is 11.6 Å². The lowest BCUT2D eigenvalue weighted by atomic mass is 9.98. The molecule has 0 bridgehead atoms. The highest BCUT2D eigenvalue weighted by atomic mass is 35.5. The molecule has 1 saturated heterocycles. The second-order valence-electron chi connectivity index (χ2n) is 6.59. The third-order valence-corrected chi connectivity index (χ3v) is 5.21. The van der Waals surface area contributed by atoms with Crippen LogP contribution in [0.1, 0.15) is 30.1 Å². The summed E-state index contributed by atoms with van der Waals surface area (Å²) in [5.41, 5.74) is 5.87. The standard InChI is InChI=1S/C17H23N3O5.ClH/c1-3-25-16-7-14(20(22)23)11(6-15(16)24-2)17(21)19-8-10-4-5-13(18)12(10)9-19;/h6-7,10,12-13H,3-5,8-9,18H2,1-2H3;1H. The van der Waals surface area contributed by atoms with Crippen molar-refractivity contribution in [2.24, 2.45) is 17.6 Å². The monoisotopic (exact) mass is 385 g/mol. The molecule has 2 N–H and O–H groups in total. The zero-order valence-electron chi connectivity index (χ0n) is 14.8. The number of likely N-dealkylation sites (tertiary alicyclic amines) is 1. The number of benzene rings is 1. The first-order valence-corrected chi connectivity index (χ1v) is 8.50. The number of carbonyl (C=O) groups is 1. The van der Waals surface area contributed by atoms with Crippen LogP contribution < -0.4 is 15.2 Å². The Balaban J connectivity index is 0.00000243. The number of halogens is 1. The smallest absolute Gasteiger partial charge is 0.286 e. The van der Waals surface area contributed by atoms with Gasteiger partial charge in [-0.2, -0.15) is 0 Å². The van der Waals surface area contributed by atoms with Gasteiger partial charge in [-0.1, -0.05) is 0 Å². The van der Waals surface area contributed by atoms with Crippen LogP contribution in [0.3, 0.4) is 0 Å². The van der Waals surface area contributed by atoms with Gasteiger partial charge in [-0.25, -0.2) is 0 Å². The van der Waals surface area contributed by atoms with Gasteiger partial charge in [0, 0.05) is 25.2 Å². The van der Waals surface area contributed by atoms with E-state index in [4.69, 9.17) is 15.2 Å². The van der Waals surface area contributed by atoms with Crippen molar-refractivity contribution < 1.29 is 19.2 Å². The van der Waals surface area contributed by atoms with Crippen molar-refractivity contribution in [2.75, 3.05) is 26.8 Å². The fourth-order valence-corrected chi connectivity index (χ4v) is 3.94.